The molecule has 0 aromatic rings. The van der Waals surface area contributed by atoms with Gasteiger partial charge in [0.15, 0.2) is 0 Å². The number of carbonyl (C=O) groups is 2. The van der Waals surface area contributed by atoms with Crippen LogP contribution < -0.4 is 0 Å². The Morgan fingerprint density at radius 1 is 0.538 bits per heavy atom. The Labute approximate surface area is 154 Å². The van der Waals surface area contributed by atoms with Gasteiger partial charge in [-0.15, -0.1) is 0 Å². The number of ether oxygens (including phenoxy) is 2. The van der Waals surface area contributed by atoms with Crippen LogP contribution in [0.1, 0.15) is 64.2 Å². The van der Waals surface area contributed by atoms with Gasteiger partial charge < -0.3 is 9.47 Å². The number of hydrogen-bond donors (Lipinski definition) is 0. The Balaban J connectivity index is 1.04. The summed E-state index contributed by atoms with van der Waals surface area (Å²) in [5.41, 5.74) is -0.269. The minimum atomic E-state index is -0.135. The Morgan fingerprint density at radius 2 is 0.846 bits per heavy atom. The molecule has 4 heteroatoms. The first-order valence-corrected chi connectivity index (χ1v) is 11.2. The Morgan fingerprint density at radius 3 is 1.15 bits per heavy atom. The lowest BCUT2D eigenvalue weighted by Gasteiger charge is -3.08. The maximum atomic E-state index is 12.9. The molecular weight excluding hydrogens is 328 g/mol. The van der Waals surface area contributed by atoms with E-state index in [0.29, 0.717) is 35.5 Å². The van der Waals surface area contributed by atoms with Crippen molar-refractivity contribution in [1.29, 1.82) is 0 Å². The van der Waals surface area contributed by atoms with Crippen LogP contribution >= 0.6 is 0 Å². The number of hydrogen-bond acceptors (Lipinski definition) is 4. The fourth-order valence-electron chi connectivity index (χ4n) is 9.22. The molecule has 0 heterocycles. The second kappa shape index (κ2) is 4.50. The molecule has 0 N–H and O–H groups in total. The molecule has 0 saturated heterocycles. The monoisotopic (exact) mass is 356 g/mol. The maximum absolute atomic E-state index is 12.9. The van der Waals surface area contributed by atoms with Gasteiger partial charge in [0.2, 0.25) is 0 Å². The van der Waals surface area contributed by atoms with Gasteiger partial charge in [0.25, 0.3) is 0 Å². The van der Waals surface area contributed by atoms with Gasteiger partial charge in [-0.1, -0.05) is 12.8 Å². The molecule has 0 amide bonds. The van der Waals surface area contributed by atoms with Crippen molar-refractivity contribution in [1.82, 2.24) is 0 Å². The van der Waals surface area contributed by atoms with E-state index in [1.165, 1.54) is 38.5 Å². The summed E-state index contributed by atoms with van der Waals surface area (Å²) in [6.45, 7) is 0. The van der Waals surface area contributed by atoms with E-state index in [-0.39, 0.29) is 35.0 Å². The Hall–Kier alpha value is -1.06. The van der Waals surface area contributed by atoms with Gasteiger partial charge in [-0.25, -0.2) is 0 Å². The van der Waals surface area contributed by atoms with E-state index in [9.17, 15) is 9.59 Å². The highest BCUT2D eigenvalue weighted by Gasteiger charge is 3.13. The van der Waals surface area contributed by atoms with Crippen molar-refractivity contribution < 1.29 is 19.1 Å². The normalized spacial score (nSPS) is 55.2. The zero-order chi connectivity index (χ0) is 17.3. The van der Waals surface area contributed by atoms with E-state index in [4.69, 9.17) is 9.47 Å². The van der Waals surface area contributed by atoms with Gasteiger partial charge >= 0.3 is 11.9 Å². The first-order valence-electron chi connectivity index (χ1n) is 11.2. The van der Waals surface area contributed by atoms with Crippen LogP contribution in [0, 0.1) is 46.3 Å². The van der Waals surface area contributed by atoms with Crippen molar-refractivity contribution in [2.45, 2.75) is 76.4 Å². The molecule has 8 rings (SSSR count). The first-order chi connectivity index (χ1) is 12.7. The Kier molecular flexibility index (Phi) is 2.58. The van der Waals surface area contributed by atoms with Gasteiger partial charge in [-0.05, 0) is 86.9 Å². The second-order valence-electron chi connectivity index (χ2n) is 10.4. The fraction of sp³-hybridized carbons (Fsp3) is 0.909. The lowest BCUT2D eigenvalue weighted by Crippen LogP contribution is -3.12. The summed E-state index contributed by atoms with van der Waals surface area (Å²) in [6, 6.07) is 0. The molecule has 0 aliphatic heterocycles. The molecule has 26 heavy (non-hydrogen) atoms. The zero-order valence-corrected chi connectivity index (χ0v) is 15.3. The summed E-state index contributed by atoms with van der Waals surface area (Å²) in [5.74, 6) is 3.05. The van der Waals surface area contributed by atoms with Crippen LogP contribution in [-0.2, 0) is 19.1 Å². The molecule has 0 spiro atoms. The molecule has 8 aliphatic rings. The first kappa shape index (κ1) is 14.9. The Bertz CT molecular complexity index is 585. The molecule has 140 valence electrons. The van der Waals surface area contributed by atoms with E-state index in [0.717, 1.165) is 25.7 Å². The average molecular weight is 356 g/mol. The van der Waals surface area contributed by atoms with Gasteiger partial charge in [-0.2, -0.15) is 0 Å². The van der Waals surface area contributed by atoms with E-state index in [1.807, 2.05) is 0 Å². The summed E-state index contributed by atoms with van der Waals surface area (Å²) >= 11 is 0. The highest BCUT2D eigenvalue weighted by atomic mass is 16.6. The van der Waals surface area contributed by atoms with Gasteiger partial charge in [0, 0.05) is 0 Å². The molecular formula is C22H28O4. The van der Waals surface area contributed by atoms with Crippen molar-refractivity contribution in [2.24, 2.45) is 46.3 Å². The smallest absolute Gasteiger partial charge is 0.313 e. The number of esters is 2. The summed E-state index contributed by atoms with van der Waals surface area (Å²) < 4.78 is 11.9. The highest BCUT2D eigenvalue weighted by molar-refractivity contribution is 5.97. The van der Waals surface area contributed by atoms with Crippen LogP contribution in [0.2, 0.25) is 0 Å². The molecule has 4 nitrogen and oxygen atoms in total. The topological polar surface area (TPSA) is 52.6 Å². The second-order valence-corrected chi connectivity index (χ2v) is 10.4. The molecule has 0 aromatic heterocycles. The van der Waals surface area contributed by atoms with E-state index < -0.39 is 0 Å². The molecule has 8 aliphatic carbocycles. The number of rotatable bonds is 4. The zero-order valence-electron chi connectivity index (χ0n) is 15.3. The maximum Gasteiger partial charge on any atom is 0.313 e. The molecule has 8 fully saturated rings. The fourth-order valence-corrected chi connectivity index (χ4v) is 9.22. The minimum absolute atomic E-state index is 0.113. The molecule has 0 aromatic carbocycles. The highest BCUT2D eigenvalue weighted by Crippen LogP contribution is 3.10. The van der Waals surface area contributed by atoms with E-state index in [2.05, 4.69) is 0 Å². The summed E-state index contributed by atoms with van der Waals surface area (Å²) in [4.78, 5) is 25.9. The van der Waals surface area contributed by atoms with Crippen LogP contribution in [0.5, 0.6) is 0 Å². The lowest BCUT2D eigenvalue weighted by molar-refractivity contribution is -0.629. The third kappa shape index (κ3) is 1.23. The largest absolute Gasteiger partial charge is 0.462 e. The van der Waals surface area contributed by atoms with E-state index in [1.54, 1.807) is 0 Å². The predicted molar refractivity (Wildman–Crippen MR) is 91.7 cm³/mol. The van der Waals surface area contributed by atoms with Crippen LogP contribution in [0.25, 0.3) is 0 Å². The third-order valence-corrected chi connectivity index (χ3v) is 9.99. The molecule has 8 saturated carbocycles. The van der Waals surface area contributed by atoms with Crippen molar-refractivity contribution >= 4 is 11.9 Å². The predicted octanol–water partition coefficient (Wildman–Crippen LogP) is 3.48. The number of carbonyl (C=O) groups excluding carboxylic acids is 2. The summed E-state index contributed by atoms with van der Waals surface area (Å²) in [5, 5.41) is 0. The van der Waals surface area contributed by atoms with Crippen molar-refractivity contribution in [3.63, 3.8) is 0 Å². The SMILES string of the molecule is O=C(OC1CCCCC1)C12C3C4C1C1C2C3C41C(=O)OC1CCCCC1. The quantitative estimate of drug-likeness (QED) is 0.724. The van der Waals surface area contributed by atoms with Gasteiger partial charge in [0.05, 0.1) is 10.8 Å². The van der Waals surface area contributed by atoms with Crippen LogP contribution in [0.4, 0.5) is 0 Å². The van der Waals surface area contributed by atoms with Gasteiger partial charge in [-0.3, -0.25) is 9.59 Å². The van der Waals surface area contributed by atoms with Gasteiger partial charge in [0.1, 0.15) is 12.2 Å². The van der Waals surface area contributed by atoms with Crippen LogP contribution in [0.3, 0.4) is 0 Å². The van der Waals surface area contributed by atoms with E-state index >= 15 is 0 Å². The average Bonchev–Trinajstić information content (AvgIpc) is 2.69. The standard InChI is InChI=1S/C22H28O4/c23-19(25-11-7-3-1-4-8-11)21-13-16-14(21)18-15(21)17(13)22(16,18)20(24)26-12-9-5-2-6-10-12/h11-18H,1-10H2. The van der Waals surface area contributed by atoms with Crippen LogP contribution in [-0.4, -0.2) is 24.1 Å². The third-order valence-electron chi connectivity index (χ3n) is 9.99. The van der Waals surface area contributed by atoms with Crippen LogP contribution in [0.15, 0.2) is 0 Å². The van der Waals surface area contributed by atoms with Crippen molar-refractivity contribution in [3.8, 4) is 0 Å². The van der Waals surface area contributed by atoms with Crippen molar-refractivity contribution in [2.75, 3.05) is 0 Å². The summed E-state index contributed by atoms with van der Waals surface area (Å²) in [6.07, 6.45) is 11.9. The summed E-state index contributed by atoms with van der Waals surface area (Å²) in [7, 11) is 0. The lowest BCUT2D eigenvalue weighted by atomic mass is 8.92. The molecule has 0 unspecified atom stereocenters. The minimum Gasteiger partial charge on any atom is -0.462 e. The van der Waals surface area contributed by atoms with Crippen molar-refractivity contribution in [3.05, 3.63) is 0 Å². The molecule has 0 radical (unpaired) electrons. The molecule has 0 atom stereocenters. The molecule has 0 bridgehead atoms.